The van der Waals surface area contributed by atoms with Gasteiger partial charge in [-0.1, -0.05) is 46.9 Å². The summed E-state index contributed by atoms with van der Waals surface area (Å²) < 4.78 is 39.6. The van der Waals surface area contributed by atoms with Crippen LogP contribution in [0.1, 0.15) is 12.0 Å². The zero-order valence-corrected chi connectivity index (χ0v) is 11.5. The molecule has 0 nitrogen and oxygen atoms in total. The number of benzene rings is 2. The highest BCUT2D eigenvalue weighted by atomic mass is 35.5. The lowest BCUT2D eigenvalue weighted by atomic mass is 9.99. The maximum absolute atomic E-state index is 13.8. The molecule has 2 aromatic rings. The summed E-state index contributed by atoms with van der Waals surface area (Å²) in [6, 6.07) is 6.08. The molecular weight excluding hydrogens is 319 g/mol. The van der Waals surface area contributed by atoms with Gasteiger partial charge in [0.25, 0.3) is 6.43 Å². The predicted molar refractivity (Wildman–Crippen MR) is 71.8 cm³/mol. The zero-order chi connectivity index (χ0) is 14.2. The van der Waals surface area contributed by atoms with Crippen LogP contribution in [0.25, 0.3) is 11.1 Å². The van der Waals surface area contributed by atoms with Gasteiger partial charge in [0.15, 0.2) is 0 Å². The minimum absolute atomic E-state index is 0.0765. The van der Waals surface area contributed by atoms with Crippen LogP contribution in [-0.2, 0) is 0 Å². The van der Waals surface area contributed by atoms with Crippen molar-refractivity contribution in [3.8, 4) is 11.1 Å². The van der Waals surface area contributed by atoms with Gasteiger partial charge in [0.2, 0.25) is 0 Å². The molecule has 6 heteroatoms. The number of hydrogen-bond acceptors (Lipinski definition) is 0. The Balaban J connectivity index is 2.72. The van der Waals surface area contributed by atoms with E-state index in [9.17, 15) is 13.2 Å². The van der Waals surface area contributed by atoms with E-state index in [2.05, 4.69) is 0 Å². The second-order valence-corrected chi connectivity index (χ2v) is 4.95. The summed E-state index contributed by atoms with van der Waals surface area (Å²) in [6.45, 7) is 0. The van der Waals surface area contributed by atoms with Crippen molar-refractivity contribution in [2.45, 2.75) is 6.43 Å². The third-order valence-corrected chi connectivity index (χ3v) is 3.75. The van der Waals surface area contributed by atoms with Gasteiger partial charge in [-0.2, -0.15) is 0 Å². The van der Waals surface area contributed by atoms with Gasteiger partial charge in [-0.15, -0.1) is 0 Å². The zero-order valence-electron chi connectivity index (χ0n) is 9.23. The molecule has 100 valence electrons. The number of alkyl halides is 2. The van der Waals surface area contributed by atoms with Gasteiger partial charge in [0.1, 0.15) is 5.82 Å². The van der Waals surface area contributed by atoms with E-state index in [0.717, 1.165) is 12.1 Å². The van der Waals surface area contributed by atoms with Crippen LogP contribution in [0.4, 0.5) is 13.2 Å². The van der Waals surface area contributed by atoms with Crippen LogP contribution in [0.5, 0.6) is 0 Å². The second-order valence-electron chi connectivity index (χ2n) is 3.76. The Bertz CT molecular complexity index is 604. The van der Waals surface area contributed by atoms with Crippen molar-refractivity contribution in [3.63, 3.8) is 0 Å². The van der Waals surface area contributed by atoms with Gasteiger partial charge >= 0.3 is 0 Å². The molecule has 0 saturated carbocycles. The normalized spacial score (nSPS) is 11.1. The van der Waals surface area contributed by atoms with Gasteiger partial charge in [0.05, 0.1) is 15.1 Å². The maximum Gasteiger partial charge on any atom is 0.264 e. The number of halogens is 6. The van der Waals surface area contributed by atoms with E-state index in [1.54, 1.807) is 0 Å². The largest absolute Gasteiger partial charge is 0.264 e. The van der Waals surface area contributed by atoms with Crippen molar-refractivity contribution in [3.05, 3.63) is 56.8 Å². The summed E-state index contributed by atoms with van der Waals surface area (Å²) in [5.41, 5.74) is -0.486. The molecular formula is C13H6Cl3F3. The Kier molecular flexibility index (Phi) is 4.29. The monoisotopic (exact) mass is 324 g/mol. The van der Waals surface area contributed by atoms with Crippen LogP contribution in [-0.4, -0.2) is 0 Å². The van der Waals surface area contributed by atoms with E-state index in [1.807, 2.05) is 0 Å². The molecule has 0 unspecified atom stereocenters. The summed E-state index contributed by atoms with van der Waals surface area (Å²) in [6.07, 6.45) is -2.81. The molecule has 2 rings (SSSR count). The molecule has 0 aromatic heterocycles. The van der Waals surface area contributed by atoms with Crippen LogP contribution < -0.4 is 0 Å². The number of hydrogen-bond donors (Lipinski definition) is 0. The first-order chi connectivity index (χ1) is 8.91. The summed E-state index contributed by atoms with van der Waals surface area (Å²) in [5.74, 6) is -0.771. The standard InChI is InChI=1S/C13H6Cl3F3/c14-8-4-6(5-9(15)12(8)16)11-7(13(18)19)2-1-3-10(11)17/h1-5,13H. The van der Waals surface area contributed by atoms with Crippen LogP contribution in [0.15, 0.2) is 30.3 Å². The molecule has 2 aromatic carbocycles. The van der Waals surface area contributed by atoms with Crippen molar-refractivity contribution in [1.82, 2.24) is 0 Å². The second kappa shape index (κ2) is 5.61. The SMILES string of the molecule is Fc1cccc(C(F)F)c1-c1cc(Cl)c(Cl)c(Cl)c1. The maximum atomic E-state index is 13.8. The first-order valence-electron chi connectivity index (χ1n) is 5.13. The first-order valence-corrected chi connectivity index (χ1v) is 6.26. The lowest BCUT2D eigenvalue weighted by molar-refractivity contribution is 0.151. The molecule has 0 spiro atoms. The summed E-state index contributed by atoms with van der Waals surface area (Å²) in [4.78, 5) is 0. The van der Waals surface area contributed by atoms with Crippen molar-refractivity contribution < 1.29 is 13.2 Å². The summed E-state index contributed by atoms with van der Waals surface area (Å²) >= 11 is 17.4. The fourth-order valence-electron chi connectivity index (χ4n) is 1.73. The molecule has 0 aliphatic carbocycles. The van der Waals surface area contributed by atoms with Crippen LogP contribution in [0.3, 0.4) is 0 Å². The van der Waals surface area contributed by atoms with Gasteiger partial charge in [-0.3, -0.25) is 0 Å². The molecule has 0 aliphatic heterocycles. The van der Waals surface area contributed by atoms with Crippen LogP contribution in [0, 0.1) is 5.82 Å². The van der Waals surface area contributed by atoms with Crippen molar-refractivity contribution in [1.29, 1.82) is 0 Å². The summed E-state index contributed by atoms with van der Waals surface area (Å²) in [7, 11) is 0. The highest BCUT2D eigenvalue weighted by molar-refractivity contribution is 6.48. The third-order valence-electron chi connectivity index (χ3n) is 2.55. The van der Waals surface area contributed by atoms with Crippen molar-refractivity contribution in [2.75, 3.05) is 0 Å². The molecule has 0 aliphatic rings. The van der Waals surface area contributed by atoms with E-state index in [1.165, 1.54) is 18.2 Å². The molecule has 0 N–H and O–H groups in total. The molecule has 0 bridgehead atoms. The fraction of sp³-hybridized carbons (Fsp3) is 0.0769. The molecule has 0 heterocycles. The molecule has 0 amide bonds. The average Bonchev–Trinajstić information content (AvgIpc) is 2.35. The first kappa shape index (κ1) is 14.5. The Hall–Kier alpha value is -0.900. The smallest absolute Gasteiger partial charge is 0.206 e. The highest BCUT2D eigenvalue weighted by Crippen LogP contribution is 2.39. The quantitative estimate of drug-likeness (QED) is 0.561. The molecule has 0 saturated heterocycles. The Morgan fingerprint density at radius 1 is 0.947 bits per heavy atom. The van der Waals surface area contributed by atoms with Crippen molar-refractivity contribution in [2.24, 2.45) is 0 Å². The molecule has 19 heavy (non-hydrogen) atoms. The molecule has 0 atom stereocenters. The van der Waals surface area contributed by atoms with Gasteiger partial charge in [-0.05, 0) is 23.8 Å². The van der Waals surface area contributed by atoms with E-state index in [-0.39, 0.29) is 26.2 Å². The highest BCUT2D eigenvalue weighted by Gasteiger charge is 2.19. The Morgan fingerprint density at radius 3 is 2.05 bits per heavy atom. The molecule has 0 fully saturated rings. The van der Waals surface area contributed by atoms with E-state index >= 15 is 0 Å². The molecule has 0 radical (unpaired) electrons. The lowest BCUT2D eigenvalue weighted by Crippen LogP contribution is -1.94. The van der Waals surface area contributed by atoms with E-state index in [0.29, 0.717) is 0 Å². The number of rotatable bonds is 2. The van der Waals surface area contributed by atoms with Gasteiger partial charge in [-0.25, -0.2) is 13.2 Å². The van der Waals surface area contributed by atoms with E-state index < -0.39 is 17.8 Å². The van der Waals surface area contributed by atoms with Gasteiger partial charge in [0, 0.05) is 11.1 Å². The topological polar surface area (TPSA) is 0 Å². The third kappa shape index (κ3) is 2.83. The fourth-order valence-corrected chi connectivity index (χ4v) is 2.32. The minimum atomic E-state index is -2.81. The van der Waals surface area contributed by atoms with Gasteiger partial charge < -0.3 is 0 Å². The van der Waals surface area contributed by atoms with Crippen molar-refractivity contribution >= 4 is 34.8 Å². The Labute approximate surface area is 122 Å². The van der Waals surface area contributed by atoms with Crippen LogP contribution in [0.2, 0.25) is 15.1 Å². The van der Waals surface area contributed by atoms with E-state index in [4.69, 9.17) is 34.8 Å². The summed E-state index contributed by atoms with van der Waals surface area (Å²) in [5, 5.41) is 0.252. The Morgan fingerprint density at radius 2 is 1.53 bits per heavy atom. The average molecular weight is 326 g/mol. The predicted octanol–water partition coefficient (Wildman–Crippen LogP) is 6.39. The van der Waals surface area contributed by atoms with Crippen LogP contribution >= 0.6 is 34.8 Å². The minimum Gasteiger partial charge on any atom is -0.206 e. The lowest BCUT2D eigenvalue weighted by Gasteiger charge is -2.12.